The summed E-state index contributed by atoms with van der Waals surface area (Å²) < 4.78 is 1.89. The molecule has 3 heteroatoms. The Morgan fingerprint density at radius 1 is 1.29 bits per heavy atom. The Balaban J connectivity index is 2.25. The van der Waals surface area contributed by atoms with Gasteiger partial charge >= 0.3 is 5.97 Å². The van der Waals surface area contributed by atoms with Crippen molar-refractivity contribution in [1.82, 2.24) is 4.57 Å². The molecule has 0 aliphatic carbocycles. The third-order valence-electron chi connectivity index (χ3n) is 2.85. The largest absolute Gasteiger partial charge is 0.478 e. The van der Waals surface area contributed by atoms with E-state index in [2.05, 4.69) is 32.0 Å². The molecule has 0 bridgehead atoms. The summed E-state index contributed by atoms with van der Waals surface area (Å²) in [4.78, 5) is 10.8. The van der Waals surface area contributed by atoms with E-state index in [1.165, 1.54) is 16.7 Å². The molecule has 1 aromatic carbocycles. The van der Waals surface area contributed by atoms with Gasteiger partial charge in [0.15, 0.2) is 0 Å². The van der Waals surface area contributed by atoms with Gasteiger partial charge in [-0.2, -0.15) is 0 Å². The molecule has 0 amide bonds. The van der Waals surface area contributed by atoms with Crippen LogP contribution < -0.4 is 0 Å². The Morgan fingerprint density at radius 2 is 2.06 bits per heavy atom. The van der Waals surface area contributed by atoms with Gasteiger partial charge in [0.25, 0.3) is 0 Å². The smallest absolute Gasteiger partial charge is 0.337 e. The third kappa shape index (κ3) is 2.56. The van der Waals surface area contributed by atoms with Crippen LogP contribution in [0, 0.1) is 13.8 Å². The molecule has 1 heterocycles. The number of carboxylic acids is 1. The zero-order valence-electron chi connectivity index (χ0n) is 9.97. The molecule has 0 aliphatic rings. The van der Waals surface area contributed by atoms with Gasteiger partial charge in [-0.25, -0.2) is 4.79 Å². The van der Waals surface area contributed by atoms with Crippen molar-refractivity contribution in [3.8, 4) is 0 Å². The van der Waals surface area contributed by atoms with Gasteiger partial charge in [0.1, 0.15) is 0 Å². The molecule has 1 aromatic heterocycles. The summed E-state index contributed by atoms with van der Waals surface area (Å²) in [5.74, 6) is -0.885. The Bertz CT molecular complexity index is 555. The molecule has 17 heavy (non-hydrogen) atoms. The summed E-state index contributed by atoms with van der Waals surface area (Å²) in [6, 6.07) is 7.92. The van der Waals surface area contributed by atoms with Gasteiger partial charge in [-0.15, -0.1) is 0 Å². The minimum atomic E-state index is -0.885. The summed E-state index contributed by atoms with van der Waals surface area (Å²) in [5.41, 5.74) is 3.99. The van der Waals surface area contributed by atoms with Crippen molar-refractivity contribution in [2.75, 3.05) is 0 Å². The van der Waals surface area contributed by atoms with Crippen molar-refractivity contribution in [1.29, 1.82) is 0 Å². The summed E-state index contributed by atoms with van der Waals surface area (Å²) in [6.07, 6.45) is 3.45. The average molecular weight is 229 g/mol. The van der Waals surface area contributed by atoms with Crippen molar-refractivity contribution in [2.24, 2.45) is 0 Å². The van der Waals surface area contributed by atoms with Crippen LogP contribution in [0.1, 0.15) is 27.0 Å². The Hall–Kier alpha value is -2.03. The molecule has 0 saturated heterocycles. The highest BCUT2D eigenvalue weighted by atomic mass is 16.4. The molecule has 0 unspecified atom stereocenters. The van der Waals surface area contributed by atoms with Crippen molar-refractivity contribution in [3.05, 3.63) is 58.9 Å². The summed E-state index contributed by atoms with van der Waals surface area (Å²) in [7, 11) is 0. The Morgan fingerprint density at radius 3 is 2.71 bits per heavy atom. The van der Waals surface area contributed by atoms with Crippen LogP contribution in [0.4, 0.5) is 0 Å². The third-order valence-corrected chi connectivity index (χ3v) is 2.85. The average Bonchev–Trinajstić information content (AvgIpc) is 2.72. The van der Waals surface area contributed by atoms with Crippen LogP contribution in [0.25, 0.3) is 0 Å². The molecule has 0 spiro atoms. The molecule has 3 nitrogen and oxygen atoms in total. The molecule has 0 aliphatic heterocycles. The number of rotatable bonds is 3. The van der Waals surface area contributed by atoms with E-state index in [0.29, 0.717) is 12.1 Å². The number of hydrogen-bond acceptors (Lipinski definition) is 1. The number of hydrogen-bond donors (Lipinski definition) is 1. The first-order valence-electron chi connectivity index (χ1n) is 5.51. The van der Waals surface area contributed by atoms with Crippen molar-refractivity contribution in [2.45, 2.75) is 20.4 Å². The van der Waals surface area contributed by atoms with Crippen LogP contribution in [-0.2, 0) is 6.54 Å². The lowest BCUT2D eigenvalue weighted by molar-refractivity contribution is 0.0697. The summed E-state index contributed by atoms with van der Waals surface area (Å²) in [5, 5.41) is 8.85. The number of aryl methyl sites for hydroxylation is 2. The van der Waals surface area contributed by atoms with Crippen LogP contribution in [0.2, 0.25) is 0 Å². The van der Waals surface area contributed by atoms with E-state index in [-0.39, 0.29) is 0 Å². The van der Waals surface area contributed by atoms with E-state index in [0.717, 1.165) is 0 Å². The SMILES string of the molecule is Cc1ccc(C)c(Cn2ccc(C(=O)O)c2)c1. The second kappa shape index (κ2) is 4.45. The van der Waals surface area contributed by atoms with E-state index in [1.54, 1.807) is 18.5 Å². The fourth-order valence-corrected chi connectivity index (χ4v) is 1.83. The fraction of sp³-hybridized carbons (Fsp3) is 0.214. The molecular formula is C14H15NO2. The first kappa shape index (κ1) is 11.5. The van der Waals surface area contributed by atoms with Crippen LogP contribution >= 0.6 is 0 Å². The number of nitrogens with zero attached hydrogens (tertiary/aromatic N) is 1. The van der Waals surface area contributed by atoms with Crippen molar-refractivity contribution >= 4 is 5.97 Å². The quantitative estimate of drug-likeness (QED) is 0.879. The summed E-state index contributed by atoms with van der Waals surface area (Å²) in [6.45, 7) is 4.83. The first-order valence-corrected chi connectivity index (χ1v) is 5.51. The number of aromatic nitrogens is 1. The van der Waals surface area contributed by atoms with Gasteiger partial charge in [-0.3, -0.25) is 0 Å². The van der Waals surface area contributed by atoms with E-state index in [4.69, 9.17) is 5.11 Å². The van der Waals surface area contributed by atoms with Crippen molar-refractivity contribution < 1.29 is 9.90 Å². The summed E-state index contributed by atoms with van der Waals surface area (Å²) >= 11 is 0. The molecule has 1 N–H and O–H groups in total. The first-order chi connectivity index (χ1) is 8.06. The highest BCUT2D eigenvalue weighted by Crippen LogP contribution is 2.13. The topological polar surface area (TPSA) is 42.2 Å². The lowest BCUT2D eigenvalue weighted by atomic mass is 10.1. The number of benzene rings is 1. The van der Waals surface area contributed by atoms with Gasteiger partial charge in [0.05, 0.1) is 5.56 Å². The second-order valence-electron chi connectivity index (χ2n) is 4.31. The van der Waals surface area contributed by atoms with E-state index in [9.17, 15) is 4.79 Å². The highest BCUT2D eigenvalue weighted by molar-refractivity contribution is 5.87. The van der Waals surface area contributed by atoms with Crippen LogP contribution in [-0.4, -0.2) is 15.6 Å². The Kier molecular flexibility index (Phi) is 3.00. The zero-order valence-corrected chi connectivity index (χ0v) is 9.97. The number of carbonyl (C=O) groups is 1. The van der Waals surface area contributed by atoms with Gasteiger partial charge in [-0.05, 0) is 31.0 Å². The lowest BCUT2D eigenvalue weighted by Crippen LogP contribution is -2.00. The van der Waals surface area contributed by atoms with E-state index in [1.807, 2.05) is 4.57 Å². The molecule has 0 radical (unpaired) electrons. The van der Waals surface area contributed by atoms with E-state index < -0.39 is 5.97 Å². The zero-order chi connectivity index (χ0) is 12.4. The van der Waals surface area contributed by atoms with E-state index >= 15 is 0 Å². The monoisotopic (exact) mass is 229 g/mol. The van der Waals surface area contributed by atoms with Gasteiger partial charge < -0.3 is 9.67 Å². The van der Waals surface area contributed by atoms with Crippen molar-refractivity contribution in [3.63, 3.8) is 0 Å². The molecular weight excluding hydrogens is 214 g/mol. The predicted octanol–water partition coefficient (Wildman–Crippen LogP) is 2.85. The molecule has 2 aromatic rings. The second-order valence-corrected chi connectivity index (χ2v) is 4.31. The van der Waals surface area contributed by atoms with Crippen LogP contribution in [0.15, 0.2) is 36.7 Å². The minimum absolute atomic E-state index is 0.329. The number of carboxylic acid groups (broad SMARTS) is 1. The fourth-order valence-electron chi connectivity index (χ4n) is 1.83. The standard InChI is InChI=1S/C14H15NO2/c1-10-3-4-11(2)13(7-10)9-15-6-5-12(8-15)14(16)17/h3-8H,9H2,1-2H3,(H,16,17). The minimum Gasteiger partial charge on any atom is -0.478 e. The molecule has 0 saturated carbocycles. The highest BCUT2D eigenvalue weighted by Gasteiger charge is 2.05. The van der Waals surface area contributed by atoms with Gasteiger partial charge in [0.2, 0.25) is 0 Å². The number of aromatic carboxylic acids is 1. The molecule has 0 atom stereocenters. The predicted molar refractivity (Wildman–Crippen MR) is 66.4 cm³/mol. The molecule has 2 rings (SSSR count). The van der Waals surface area contributed by atoms with Gasteiger partial charge in [-0.1, -0.05) is 23.8 Å². The maximum Gasteiger partial charge on any atom is 0.337 e. The Labute approximate surface area is 100 Å². The maximum atomic E-state index is 10.8. The molecule has 88 valence electrons. The molecule has 0 fully saturated rings. The van der Waals surface area contributed by atoms with Gasteiger partial charge in [0, 0.05) is 18.9 Å². The normalized spacial score (nSPS) is 10.5. The lowest BCUT2D eigenvalue weighted by Gasteiger charge is -2.08. The van der Waals surface area contributed by atoms with Crippen LogP contribution in [0.3, 0.4) is 0 Å². The maximum absolute atomic E-state index is 10.8. The van der Waals surface area contributed by atoms with Crippen LogP contribution in [0.5, 0.6) is 0 Å².